The maximum Gasteiger partial charge on any atom is 0.242 e. The third-order valence-corrected chi connectivity index (χ3v) is 9.58. The van der Waals surface area contributed by atoms with E-state index in [0.29, 0.717) is 35.7 Å². The van der Waals surface area contributed by atoms with E-state index in [1.165, 1.54) is 43.6 Å². The Balaban J connectivity index is 1.82. The number of nitrogens with one attached hydrogen (secondary N) is 2. The molecule has 0 atom stereocenters. The number of sulfonamides is 1. The zero-order chi connectivity index (χ0) is 31.6. The number of hydrogen-bond donors (Lipinski definition) is 3. The molecule has 0 aliphatic carbocycles. The fraction of sp³-hybridized carbons (Fsp3) is 0.406. The molecule has 1 aliphatic heterocycles. The Kier molecular flexibility index (Phi) is 11.7. The number of amidine groups is 1. The summed E-state index contributed by atoms with van der Waals surface area (Å²) in [4.78, 5) is 18.0. The van der Waals surface area contributed by atoms with Crippen molar-refractivity contribution in [2.75, 3.05) is 27.2 Å². The first-order chi connectivity index (χ1) is 20.4. The Morgan fingerprint density at radius 1 is 1.14 bits per heavy atom. The number of aliphatic imine (C=N–C) groups is 1. The Labute approximate surface area is 256 Å². The summed E-state index contributed by atoms with van der Waals surface area (Å²) in [6, 6.07) is 17.3. The highest BCUT2D eigenvalue weighted by Crippen LogP contribution is 2.29. The van der Waals surface area contributed by atoms with Gasteiger partial charge in [0.15, 0.2) is 0 Å². The SMILES string of the molecule is C/C(C(N)=Nc1ccc(S(=O)(=O)N(C)C)cc1)=C(\C=C/NC=O)NC1(CC#N)CCN(Cc2ccc(C(C)C)cc2)CC1. The lowest BCUT2D eigenvalue weighted by molar-refractivity contribution is -0.108. The van der Waals surface area contributed by atoms with Crippen molar-refractivity contribution >= 4 is 28.0 Å². The molecule has 0 unspecified atom stereocenters. The van der Waals surface area contributed by atoms with Crippen molar-refractivity contribution in [3.8, 4) is 6.07 Å². The average Bonchev–Trinajstić information content (AvgIpc) is 2.98. The molecule has 43 heavy (non-hydrogen) atoms. The summed E-state index contributed by atoms with van der Waals surface area (Å²) >= 11 is 0. The number of allylic oxidation sites excluding steroid dienone is 1. The van der Waals surface area contributed by atoms with Crippen LogP contribution in [0.15, 0.2) is 82.0 Å². The number of rotatable bonds is 13. The van der Waals surface area contributed by atoms with E-state index in [1.807, 2.05) is 6.92 Å². The van der Waals surface area contributed by atoms with Gasteiger partial charge < -0.3 is 16.4 Å². The molecular weight excluding hydrogens is 562 g/mol. The van der Waals surface area contributed by atoms with E-state index in [4.69, 9.17) is 5.73 Å². The van der Waals surface area contributed by atoms with Gasteiger partial charge in [0.25, 0.3) is 0 Å². The first-order valence-electron chi connectivity index (χ1n) is 14.3. The maximum absolute atomic E-state index is 12.4. The Bertz CT molecular complexity index is 1480. The molecule has 0 saturated carbocycles. The van der Waals surface area contributed by atoms with E-state index >= 15 is 0 Å². The van der Waals surface area contributed by atoms with E-state index < -0.39 is 15.6 Å². The number of nitrogens with zero attached hydrogens (tertiary/aromatic N) is 4. The summed E-state index contributed by atoms with van der Waals surface area (Å²) in [6.45, 7) is 8.67. The number of hydrogen-bond acceptors (Lipinski definition) is 7. The second-order valence-corrected chi connectivity index (χ2v) is 13.5. The van der Waals surface area contributed by atoms with Gasteiger partial charge in [-0.3, -0.25) is 9.69 Å². The molecule has 11 heteroatoms. The molecule has 0 radical (unpaired) electrons. The van der Waals surface area contributed by atoms with Crippen molar-refractivity contribution in [3.63, 3.8) is 0 Å². The normalized spacial score (nSPS) is 16.7. The van der Waals surface area contributed by atoms with Crippen LogP contribution in [0, 0.1) is 11.3 Å². The van der Waals surface area contributed by atoms with Gasteiger partial charge in [0.1, 0.15) is 5.84 Å². The summed E-state index contributed by atoms with van der Waals surface area (Å²) in [5.74, 6) is 0.714. The molecule has 0 bridgehead atoms. The summed E-state index contributed by atoms with van der Waals surface area (Å²) in [5.41, 5.74) is 10.3. The van der Waals surface area contributed by atoms with Crippen molar-refractivity contribution < 1.29 is 13.2 Å². The van der Waals surface area contributed by atoms with Crippen LogP contribution in [0.1, 0.15) is 57.1 Å². The number of piperidine rings is 1. The van der Waals surface area contributed by atoms with Crippen LogP contribution in [0.3, 0.4) is 0 Å². The van der Waals surface area contributed by atoms with Gasteiger partial charge in [0.2, 0.25) is 16.4 Å². The number of carbonyl (C=O) groups excluding carboxylic acids is 1. The topological polar surface area (TPSA) is 144 Å². The molecule has 230 valence electrons. The minimum absolute atomic E-state index is 0.157. The van der Waals surface area contributed by atoms with Crippen LogP contribution < -0.4 is 16.4 Å². The molecule has 1 saturated heterocycles. The van der Waals surface area contributed by atoms with Crippen LogP contribution in [0.5, 0.6) is 0 Å². The van der Waals surface area contributed by atoms with E-state index in [9.17, 15) is 18.5 Å². The summed E-state index contributed by atoms with van der Waals surface area (Å²) in [7, 11) is -0.609. The molecule has 1 heterocycles. The van der Waals surface area contributed by atoms with Crippen molar-refractivity contribution in [3.05, 3.63) is 83.2 Å². The van der Waals surface area contributed by atoms with Crippen molar-refractivity contribution in [1.29, 1.82) is 5.26 Å². The standard InChI is InChI=1S/C32H43N7O3S/c1-24(2)27-8-6-26(7-9-27)22-39-20-16-32(15-18-33,17-21-39)37-30(14-19-35-23-40)25(3)31(34)36-28-10-12-29(13-11-28)43(41,42)38(4)5/h6-14,19,23-24,37H,15-17,20-22H2,1-5H3,(H2,34,36)(H,35,40)/b19-14-,30-25-. The highest BCUT2D eigenvalue weighted by molar-refractivity contribution is 7.89. The molecule has 2 aromatic carbocycles. The Morgan fingerprint density at radius 3 is 2.30 bits per heavy atom. The minimum Gasteiger partial charge on any atom is -0.383 e. The van der Waals surface area contributed by atoms with Gasteiger partial charge in [0, 0.05) is 51.2 Å². The molecule has 3 rings (SSSR count). The first kappa shape index (κ1) is 33.5. The molecule has 10 nitrogen and oxygen atoms in total. The molecule has 4 N–H and O–H groups in total. The smallest absolute Gasteiger partial charge is 0.242 e. The Morgan fingerprint density at radius 2 is 1.77 bits per heavy atom. The zero-order valence-electron chi connectivity index (χ0n) is 25.7. The molecule has 2 aromatic rings. The molecule has 0 aromatic heterocycles. The predicted octanol–water partition coefficient (Wildman–Crippen LogP) is 4.12. The van der Waals surface area contributed by atoms with Crippen molar-refractivity contribution in [2.24, 2.45) is 10.7 Å². The lowest BCUT2D eigenvalue weighted by Crippen LogP contribution is -2.52. The number of nitrogens with two attached hydrogens (primary N) is 1. The minimum atomic E-state index is -3.56. The highest BCUT2D eigenvalue weighted by atomic mass is 32.2. The number of amides is 1. The van der Waals surface area contributed by atoms with E-state index in [2.05, 4.69) is 64.7 Å². The van der Waals surface area contributed by atoms with Gasteiger partial charge in [-0.25, -0.2) is 17.7 Å². The van der Waals surface area contributed by atoms with Crippen LogP contribution in [0.4, 0.5) is 5.69 Å². The molecular formula is C32H43N7O3S. The third kappa shape index (κ3) is 9.00. The second kappa shape index (κ2) is 15.0. The van der Waals surface area contributed by atoms with Gasteiger partial charge in [-0.2, -0.15) is 5.26 Å². The van der Waals surface area contributed by atoms with Gasteiger partial charge in [-0.1, -0.05) is 38.1 Å². The van der Waals surface area contributed by atoms with Crippen LogP contribution in [-0.2, 0) is 21.4 Å². The number of benzene rings is 2. The zero-order valence-corrected chi connectivity index (χ0v) is 26.5. The molecule has 0 spiro atoms. The van der Waals surface area contributed by atoms with Gasteiger partial charge in [0.05, 0.1) is 28.6 Å². The summed E-state index contributed by atoms with van der Waals surface area (Å²) in [6.07, 6.45) is 5.57. The van der Waals surface area contributed by atoms with E-state index in [-0.39, 0.29) is 10.7 Å². The second-order valence-electron chi connectivity index (χ2n) is 11.3. The van der Waals surface area contributed by atoms with Crippen LogP contribution in [0.2, 0.25) is 0 Å². The van der Waals surface area contributed by atoms with Crippen molar-refractivity contribution in [1.82, 2.24) is 19.8 Å². The average molecular weight is 606 g/mol. The van der Waals surface area contributed by atoms with Crippen LogP contribution in [-0.4, -0.2) is 62.6 Å². The summed E-state index contributed by atoms with van der Waals surface area (Å²) < 4.78 is 25.9. The lowest BCUT2D eigenvalue weighted by atomic mass is 9.84. The number of likely N-dealkylation sites (tertiary alicyclic amines) is 1. The fourth-order valence-corrected chi connectivity index (χ4v) is 5.79. The highest BCUT2D eigenvalue weighted by Gasteiger charge is 2.35. The third-order valence-electron chi connectivity index (χ3n) is 7.75. The number of nitriles is 1. The largest absolute Gasteiger partial charge is 0.383 e. The van der Waals surface area contributed by atoms with Crippen LogP contribution >= 0.6 is 0 Å². The van der Waals surface area contributed by atoms with Gasteiger partial charge >= 0.3 is 0 Å². The fourth-order valence-electron chi connectivity index (χ4n) is 4.88. The van der Waals surface area contributed by atoms with Gasteiger partial charge in [-0.15, -0.1) is 0 Å². The lowest BCUT2D eigenvalue weighted by Gasteiger charge is -2.42. The molecule has 1 amide bonds. The summed E-state index contributed by atoms with van der Waals surface area (Å²) in [5, 5.41) is 15.9. The predicted molar refractivity (Wildman–Crippen MR) is 171 cm³/mol. The quantitative estimate of drug-likeness (QED) is 0.135. The monoisotopic (exact) mass is 605 g/mol. The van der Waals surface area contributed by atoms with E-state index in [0.717, 1.165) is 36.8 Å². The first-order valence-corrected chi connectivity index (χ1v) is 15.8. The molecule has 1 aliphatic rings. The Hall–Kier alpha value is -3.98. The molecule has 1 fully saturated rings. The van der Waals surface area contributed by atoms with E-state index in [1.54, 1.807) is 18.2 Å². The van der Waals surface area contributed by atoms with Gasteiger partial charge in [-0.05, 0) is 67.2 Å². The number of carbonyl (C=O) groups is 1. The van der Waals surface area contributed by atoms with Crippen LogP contribution in [0.25, 0.3) is 0 Å². The maximum atomic E-state index is 12.4. The van der Waals surface area contributed by atoms with Crippen molar-refractivity contribution in [2.45, 2.75) is 62.9 Å².